The van der Waals surface area contributed by atoms with E-state index >= 15 is 0 Å². The van der Waals surface area contributed by atoms with Gasteiger partial charge in [-0.15, -0.1) is 0 Å². The van der Waals surface area contributed by atoms with Gasteiger partial charge in [0.15, 0.2) is 0 Å². The van der Waals surface area contributed by atoms with Crippen molar-refractivity contribution in [3.05, 3.63) is 65.4 Å². The number of anilines is 1. The van der Waals surface area contributed by atoms with E-state index in [-0.39, 0.29) is 30.0 Å². The van der Waals surface area contributed by atoms with Crippen LogP contribution in [0.25, 0.3) is 10.8 Å². The minimum Gasteiger partial charge on any atom is -0.508 e. The molecule has 0 bridgehead atoms. The number of rotatable bonds is 8. The lowest BCUT2D eigenvalue weighted by atomic mass is 9.80. The lowest BCUT2D eigenvalue weighted by Crippen LogP contribution is -2.55. The maximum absolute atomic E-state index is 12.8. The van der Waals surface area contributed by atoms with Crippen molar-refractivity contribution in [2.45, 2.75) is 56.5 Å². The van der Waals surface area contributed by atoms with E-state index in [0.29, 0.717) is 44.7 Å². The fraction of sp³-hybridized carbons (Fsp3) is 0.471. The number of likely N-dealkylation sites (tertiary alicyclic amines) is 1. The molecular formula is C34H39FN6O3. The minimum atomic E-state index is -0.708. The summed E-state index contributed by atoms with van der Waals surface area (Å²) in [6, 6.07) is 14.4. The molecule has 6 rings (SSSR count). The van der Waals surface area contributed by atoms with Crippen molar-refractivity contribution in [3.8, 4) is 17.8 Å². The number of halogens is 1. The van der Waals surface area contributed by atoms with Crippen LogP contribution in [0.1, 0.15) is 48.4 Å². The van der Waals surface area contributed by atoms with Crippen molar-refractivity contribution in [2.24, 2.45) is 0 Å². The Balaban J connectivity index is 1.32. The van der Waals surface area contributed by atoms with Crippen LogP contribution in [-0.2, 0) is 17.6 Å². The fourth-order valence-electron chi connectivity index (χ4n) is 7.05. The Labute approximate surface area is 257 Å². The molecule has 3 atom stereocenters. The first-order valence-corrected chi connectivity index (χ1v) is 15.5. The molecular weight excluding hydrogens is 559 g/mol. The van der Waals surface area contributed by atoms with Crippen molar-refractivity contribution < 1.29 is 19.0 Å². The summed E-state index contributed by atoms with van der Waals surface area (Å²) < 4.78 is 19.0. The van der Waals surface area contributed by atoms with Gasteiger partial charge in [-0.2, -0.15) is 15.2 Å². The number of benzene rings is 2. The van der Waals surface area contributed by atoms with Gasteiger partial charge in [0.1, 0.15) is 24.8 Å². The highest BCUT2D eigenvalue weighted by atomic mass is 19.1. The van der Waals surface area contributed by atoms with Gasteiger partial charge in [0.05, 0.1) is 24.2 Å². The second-order valence-corrected chi connectivity index (χ2v) is 12.1. The van der Waals surface area contributed by atoms with Crippen LogP contribution in [0.15, 0.2) is 48.6 Å². The summed E-state index contributed by atoms with van der Waals surface area (Å²) in [6.45, 7) is 2.23. The first-order valence-electron chi connectivity index (χ1n) is 15.5. The SMILES string of the molecule is CN1CCC[C@H]1COc1nc2c(c(N3CCN(C(=O)/C=C/CF)[C@H](CC#N)C3)n1)CC[C@H](c1cc(O)cc3ccccc13)C2. The van der Waals surface area contributed by atoms with E-state index in [1.165, 1.54) is 12.2 Å². The number of amides is 1. The molecule has 230 valence electrons. The molecule has 3 aromatic rings. The zero-order chi connectivity index (χ0) is 30.6. The van der Waals surface area contributed by atoms with Crippen LogP contribution in [0, 0.1) is 11.3 Å². The molecule has 3 aliphatic rings. The number of carbonyl (C=O) groups excluding carboxylic acids is 1. The van der Waals surface area contributed by atoms with E-state index in [1.807, 2.05) is 24.3 Å². The summed E-state index contributed by atoms with van der Waals surface area (Å²) in [5, 5.41) is 22.2. The van der Waals surface area contributed by atoms with Crippen LogP contribution in [0.5, 0.6) is 11.8 Å². The van der Waals surface area contributed by atoms with E-state index in [1.54, 1.807) is 11.0 Å². The first-order chi connectivity index (χ1) is 21.4. The molecule has 0 unspecified atom stereocenters. The molecule has 2 saturated heterocycles. The second-order valence-electron chi connectivity index (χ2n) is 12.1. The van der Waals surface area contributed by atoms with Gasteiger partial charge >= 0.3 is 6.01 Å². The van der Waals surface area contributed by atoms with Crippen molar-refractivity contribution in [2.75, 3.05) is 51.4 Å². The molecule has 1 aromatic heterocycles. The molecule has 2 aliphatic heterocycles. The number of phenolic OH excluding ortho intramolecular Hbond substituents is 1. The average molecular weight is 599 g/mol. The Morgan fingerprint density at radius 1 is 1.18 bits per heavy atom. The lowest BCUT2D eigenvalue weighted by Gasteiger charge is -2.42. The van der Waals surface area contributed by atoms with Crippen LogP contribution in [0.2, 0.25) is 0 Å². The van der Waals surface area contributed by atoms with Gasteiger partial charge in [0.2, 0.25) is 5.91 Å². The van der Waals surface area contributed by atoms with Gasteiger partial charge < -0.3 is 24.5 Å². The normalized spacial score (nSPS) is 22.3. The molecule has 10 heteroatoms. The number of allylic oxidation sites excluding steroid dienone is 1. The zero-order valence-corrected chi connectivity index (χ0v) is 25.2. The molecule has 0 spiro atoms. The Bertz CT molecular complexity index is 1590. The van der Waals surface area contributed by atoms with Crippen LogP contribution in [0.4, 0.5) is 10.2 Å². The number of likely N-dealkylation sites (N-methyl/N-ethyl adjacent to an activating group) is 1. The number of aromatic hydroxyl groups is 1. The summed E-state index contributed by atoms with van der Waals surface area (Å²) in [7, 11) is 2.11. The number of phenols is 1. The smallest absolute Gasteiger partial charge is 0.318 e. The highest BCUT2D eigenvalue weighted by Crippen LogP contribution is 2.40. The highest BCUT2D eigenvalue weighted by Gasteiger charge is 2.34. The summed E-state index contributed by atoms with van der Waals surface area (Å²) in [5.41, 5.74) is 3.13. The maximum Gasteiger partial charge on any atom is 0.318 e. The first kappa shape index (κ1) is 29.8. The number of carbonyl (C=O) groups is 1. The molecule has 0 saturated carbocycles. The van der Waals surface area contributed by atoms with E-state index in [9.17, 15) is 19.6 Å². The number of hydrogen-bond donors (Lipinski definition) is 1. The van der Waals surface area contributed by atoms with Crippen molar-refractivity contribution >= 4 is 22.5 Å². The van der Waals surface area contributed by atoms with Gasteiger partial charge in [-0.25, -0.2) is 4.39 Å². The molecule has 44 heavy (non-hydrogen) atoms. The standard InChI is InChI=1S/C34H39FN6O3/c1-39-15-5-7-26(39)22-44-34-37-31-19-24(30-20-27(42)18-23-6-2-3-8-28(23)30)10-11-29(31)33(38-34)40-16-17-41(25(21-40)12-14-36)32(43)9-4-13-35/h2-4,6,8-9,18,20,24-26,42H,5,7,10-13,15-17,19,21-22H2,1H3/b9-4+/t24-,25+,26-/m0/s1. The van der Waals surface area contributed by atoms with E-state index in [4.69, 9.17) is 14.7 Å². The number of hydrogen-bond acceptors (Lipinski definition) is 8. The summed E-state index contributed by atoms with van der Waals surface area (Å²) in [5.74, 6) is 0.950. The quantitative estimate of drug-likeness (QED) is 0.377. The summed E-state index contributed by atoms with van der Waals surface area (Å²) in [4.78, 5) is 28.8. The Morgan fingerprint density at radius 2 is 2.05 bits per heavy atom. The van der Waals surface area contributed by atoms with Crippen LogP contribution in [0.3, 0.4) is 0 Å². The number of ether oxygens (including phenoxy) is 1. The zero-order valence-electron chi connectivity index (χ0n) is 25.2. The van der Waals surface area contributed by atoms with Gasteiger partial charge in [0.25, 0.3) is 0 Å². The van der Waals surface area contributed by atoms with Crippen molar-refractivity contribution in [1.29, 1.82) is 5.26 Å². The topological polar surface area (TPSA) is 106 Å². The molecule has 9 nitrogen and oxygen atoms in total. The molecule has 1 amide bonds. The fourth-order valence-corrected chi connectivity index (χ4v) is 7.05. The Kier molecular flexibility index (Phi) is 8.94. The molecule has 1 N–H and O–H groups in total. The van der Waals surface area contributed by atoms with Gasteiger partial charge in [-0.1, -0.05) is 24.3 Å². The van der Waals surface area contributed by atoms with Gasteiger partial charge in [0, 0.05) is 37.3 Å². The van der Waals surface area contributed by atoms with Crippen molar-refractivity contribution in [3.63, 3.8) is 0 Å². The summed E-state index contributed by atoms with van der Waals surface area (Å²) >= 11 is 0. The molecule has 2 fully saturated rings. The van der Waals surface area contributed by atoms with Gasteiger partial charge in [-0.05, 0) is 86.2 Å². The summed E-state index contributed by atoms with van der Waals surface area (Å²) in [6.07, 6.45) is 7.16. The third-order valence-corrected chi connectivity index (χ3v) is 9.37. The predicted octanol–water partition coefficient (Wildman–Crippen LogP) is 4.54. The monoisotopic (exact) mass is 598 g/mol. The third kappa shape index (κ3) is 6.20. The largest absolute Gasteiger partial charge is 0.508 e. The number of alkyl halides is 1. The second kappa shape index (κ2) is 13.2. The van der Waals surface area contributed by atoms with Crippen LogP contribution < -0.4 is 9.64 Å². The number of aromatic nitrogens is 2. The molecule has 2 aromatic carbocycles. The van der Waals surface area contributed by atoms with E-state index in [0.717, 1.165) is 65.6 Å². The molecule has 1 aliphatic carbocycles. The van der Waals surface area contributed by atoms with Crippen molar-refractivity contribution in [1.82, 2.24) is 19.8 Å². The van der Waals surface area contributed by atoms with Gasteiger partial charge in [-0.3, -0.25) is 4.79 Å². The number of nitriles is 1. The lowest BCUT2D eigenvalue weighted by molar-refractivity contribution is -0.128. The maximum atomic E-state index is 12.8. The van der Waals surface area contributed by atoms with Crippen LogP contribution in [-0.4, -0.2) is 89.4 Å². The predicted molar refractivity (Wildman–Crippen MR) is 167 cm³/mol. The third-order valence-electron chi connectivity index (χ3n) is 9.37. The van der Waals surface area contributed by atoms with E-state index in [2.05, 4.69) is 29.0 Å². The number of nitrogens with zero attached hydrogens (tertiary/aromatic N) is 6. The Morgan fingerprint density at radius 3 is 2.84 bits per heavy atom. The molecule has 0 radical (unpaired) electrons. The van der Waals surface area contributed by atoms with E-state index < -0.39 is 6.67 Å². The average Bonchev–Trinajstić information content (AvgIpc) is 3.45. The number of piperazine rings is 1. The molecule has 3 heterocycles. The number of fused-ring (bicyclic) bond motifs is 2. The highest BCUT2D eigenvalue weighted by molar-refractivity contribution is 5.88. The minimum absolute atomic E-state index is 0.166. The van der Waals surface area contributed by atoms with Crippen LogP contribution >= 0.6 is 0 Å². The Hall–Kier alpha value is -4.23.